The Bertz CT molecular complexity index is 648. The molecule has 22 heavy (non-hydrogen) atoms. The van der Waals surface area contributed by atoms with Gasteiger partial charge in [-0.05, 0) is 30.5 Å². The third-order valence-corrected chi connectivity index (χ3v) is 4.90. The summed E-state index contributed by atoms with van der Waals surface area (Å²) in [5.74, 6) is -0.444. The second kappa shape index (κ2) is 7.17. The highest BCUT2D eigenvalue weighted by Crippen LogP contribution is 2.21. The number of alkyl halides is 1. The van der Waals surface area contributed by atoms with Crippen LogP contribution in [0.5, 0.6) is 0 Å². The first-order chi connectivity index (χ1) is 10.5. The molecule has 0 saturated heterocycles. The van der Waals surface area contributed by atoms with Crippen LogP contribution in [0.1, 0.15) is 22.3 Å². The lowest BCUT2D eigenvalue weighted by molar-refractivity contribution is 0.0917. The molecular weight excluding hydrogens is 311 g/mol. The lowest BCUT2D eigenvalue weighted by Crippen LogP contribution is -2.42. The molecule has 1 aliphatic heterocycles. The number of sulfonamides is 1. The number of hydrogen-bond donors (Lipinski definition) is 2. The topological polar surface area (TPSA) is 84.5 Å². The van der Waals surface area contributed by atoms with Gasteiger partial charge in [0.2, 0.25) is 10.0 Å². The summed E-state index contributed by atoms with van der Waals surface area (Å²) in [6.45, 7) is 0.0649. The summed E-state index contributed by atoms with van der Waals surface area (Å²) >= 11 is 0. The molecule has 0 saturated carbocycles. The van der Waals surface area contributed by atoms with Gasteiger partial charge >= 0.3 is 0 Å². The van der Waals surface area contributed by atoms with Gasteiger partial charge in [-0.25, -0.2) is 17.5 Å². The third-order valence-electron chi connectivity index (χ3n) is 3.44. The monoisotopic (exact) mass is 330 g/mol. The van der Waals surface area contributed by atoms with Crippen LogP contribution in [0.3, 0.4) is 0 Å². The number of methoxy groups -OCH3 is 1. The maximum absolute atomic E-state index is 12.7. The van der Waals surface area contributed by atoms with Crippen molar-refractivity contribution in [1.82, 2.24) is 10.0 Å². The Labute approximate surface area is 129 Å². The molecule has 0 spiro atoms. The van der Waals surface area contributed by atoms with Gasteiger partial charge in [0.25, 0.3) is 5.91 Å². The Morgan fingerprint density at radius 3 is 2.91 bits per heavy atom. The molecule has 1 aromatic rings. The fourth-order valence-electron chi connectivity index (χ4n) is 2.29. The number of carbonyl (C=O) groups excluding carboxylic acids is 1. The molecule has 6 nitrogen and oxygen atoms in total. The van der Waals surface area contributed by atoms with Crippen molar-refractivity contribution in [2.24, 2.45) is 0 Å². The van der Waals surface area contributed by atoms with Gasteiger partial charge in [-0.1, -0.05) is 6.07 Å². The molecule has 1 aromatic carbocycles. The van der Waals surface area contributed by atoms with Crippen LogP contribution >= 0.6 is 0 Å². The summed E-state index contributed by atoms with van der Waals surface area (Å²) in [6, 6.07) is 3.79. The van der Waals surface area contributed by atoms with E-state index in [9.17, 15) is 17.6 Å². The number of halogens is 1. The van der Waals surface area contributed by atoms with Gasteiger partial charge in [-0.15, -0.1) is 0 Å². The summed E-state index contributed by atoms with van der Waals surface area (Å²) in [4.78, 5) is 11.9. The second-order valence-corrected chi connectivity index (χ2v) is 6.86. The van der Waals surface area contributed by atoms with Gasteiger partial charge in [0, 0.05) is 25.8 Å². The van der Waals surface area contributed by atoms with E-state index in [1.54, 1.807) is 13.2 Å². The van der Waals surface area contributed by atoms with Crippen molar-refractivity contribution in [3.8, 4) is 0 Å². The Hall–Kier alpha value is -1.51. The highest BCUT2D eigenvalue weighted by Gasteiger charge is 2.26. The maximum atomic E-state index is 12.7. The average molecular weight is 330 g/mol. The van der Waals surface area contributed by atoms with Crippen LogP contribution in [-0.4, -0.2) is 47.3 Å². The summed E-state index contributed by atoms with van der Waals surface area (Å²) in [5.41, 5.74) is 0.939. The number of nitrogens with one attached hydrogen (secondary N) is 2. The third kappa shape index (κ3) is 3.82. The molecule has 2 rings (SSSR count). The molecule has 1 atom stereocenters. The van der Waals surface area contributed by atoms with Crippen molar-refractivity contribution in [2.75, 3.05) is 26.9 Å². The van der Waals surface area contributed by atoms with Crippen LogP contribution in [0.2, 0.25) is 0 Å². The van der Waals surface area contributed by atoms with E-state index in [2.05, 4.69) is 10.0 Å². The summed E-state index contributed by atoms with van der Waals surface area (Å²) in [6.07, 6.45) is 0.915. The molecule has 1 aliphatic rings. The number of hydrogen-bond acceptors (Lipinski definition) is 4. The van der Waals surface area contributed by atoms with E-state index < -0.39 is 28.6 Å². The van der Waals surface area contributed by atoms with E-state index in [1.165, 1.54) is 12.1 Å². The van der Waals surface area contributed by atoms with E-state index in [1.807, 2.05) is 0 Å². The Morgan fingerprint density at radius 1 is 1.45 bits per heavy atom. The number of benzene rings is 1. The highest BCUT2D eigenvalue weighted by molar-refractivity contribution is 7.89. The molecule has 122 valence electrons. The van der Waals surface area contributed by atoms with Crippen molar-refractivity contribution in [1.29, 1.82) is 0 Å². The van der Waals surface area contributed by atoms with Crippen LogP contribution < -0.4 is 10.0 Å². The zero-order valence-electron chi connectivity index (χ0n) is 12.3. The fourth-order valence-corrected chi connectivity index (χ4v) is 3.39. The summed E-state index contributed by atoms with van der Waals surface area (Å²) in [5, 5.41) is 2.52. The standard InChI is InChI=1S/C14H19FN2O4S/c1-21-6-2-5-16-22(19,20)12-4-3-10-7-11(9-15)17-14(18)13(10)8-12/h3-4,8,11,16H,2,5-7,9H2,1H3,(H,17,18)/t11-/m1/s1. The van der Waals surface area contributed by atoms with E-state index in [0.29, 0.717) is 25.0 Å². The molecule has 0 bridgehead atoms. The summed E-state index contributed by atoms with van der Waals surface area (Å²) < 4.78 is 44.3. The van der Waals surface area contributed by atoms with Crippen LogP contribution in [0, 0.1) is 0 Å². The van der Waals surface area contributed by atoms with Crippen LogP contribution in [-0.2, 0) is 21.2 Å². The van der Waals surface area contributed by atoms with Crippen LogP contribution in [0.15, 0.2) is 23.1 Å². The van der Waals surface area contributed by atoms with Crippen molar-refractivity contribution in [3.63, 3.8) is 0 Å². The van der Waals surface area contributed by atoms with Crippen LogP contribution in [0.4, 0.5) is 4.39 Å². The van der Waals surface area contributed by atoms with Gasteiger partial charge in [-0.3, -0.25) is 4.79 Å². The summed E-state index contributed by atoms with van der Waals surface area (Å²) in [7, 11) is -2.13. The fraction of sp³-hybridized carbons (Fsp3) is 0.500. The predicted molar refractivity (Wildman–Crippen MR) is 79.1 cm³/mol. The number of carbonyl (C=O) groups is 1. The smallest absolute Gasteiger partial charge is 0.251 e. The first-order valence-electron chi connectivity index (χ1n) is 6.96. The van der Waals surface area contributed by atoms with Gasteiger partial charge in [0.1, 0.15) is 6.67 Å². The Balaban J connectivity index is 2.17. The van der Waals surface area contributed by atoms with E-state index in [-0.39, 0.29) is 17.0 Å². The first kappa shape index (κ1) is 16.9. The number of amides is 1. The van der Waals surface area contributed by atoms with Gasteiger partial charge in [0.15, 0.2) is 0 Å². The molecule has 1 heterocycles. The second-order valence-electron chi connectivity index (χ2n) is 5.09. The van der Waals surface area contributed by atoms with Crippen molar-refractivity contribution in [3.05, 3.63) is 29.3 Å². The molecule has 0 fully saturated rings. The highest BCUT2D eigenvalue weighted by atomic mass is 32.2. The average Bonchev–Trinajstić information content (AvgIpc) is 2.51. The van der Waals surface area contributed by atoms with E-state index in [0.717, 1.165) is 0 Å². The van der Waals surface area contributed by atoms with Gasteiger partial charge in [-0.2, -0.15) is 0 Å². The zero-order chi connectivity index (χ0) is 16.2. The lowest BCUT2D eigenvalue weighted by atomic mass is 9.96. The zero-order valence-corrected chi connectivity index (χ0v) is 13.1. The SMILES string of the molecule is COCCCNS(=O)(=O)c1ccc2c(c1)C(=O)N[C@@H](CF)C2. The lowest BCUT2D eigenvalue weighted by Gasteiger charge is -2.23. The predicted octanol–water partition coefficient (Wildman–Crippen LogP) is 0.625. The minimum absolute atomic E-state index is 0.0255. The largest absolute Gasteiger partial charge is 0.385 e. The van der Waals surface area contributed by atoms with Crippen LogP contribution in [0.25, 0.3) is 0 Å². The molecule has 0 aromatic heterocycles. The number of ether oxygens (including phenoxy) is 1. The van der Waals surface area contributed by atoms with E-state index in [4.69, 9.17) is 4.74 Å². The Morgan fingerprint density at radius 2 is 2.23 bits per heavy atom. The first-order valence-corrected chi connectivity index (χ1v) is 8.44. The van der Waals surface area contributed by atoms with E-state index >= 15 is 0 Å². The molecule has 8 heteroatoms. The minimum Gasteiger partial charge on any atom is -0.385 e. The van der Waals surface area contributed by atoms with Crippen molar-refractivity contribution >= 4 is 15.9 Å². The molecule has 0 radical (unpaired) electrons. The molecular formula is C14H19FN2O4S. The molecule has 0 aliphatic carbocycles. The molecule has 0 unspecified atom stereocenters. The maximum Gasteiger partial charge on any atom is 0.251 e. The van der Waals surface area contributed by atoms with Crippen molar-refractivity contribution < 1.29 is 22.3 Å². The molecule has 1 amide bonds. The minimum atomic E-state index is -3.68. The van der Waals surface area contributed by atoms with Crippen molar-refractivity contribution in [2.45, 2.75) is 23.8 Å². The quantitative estimate of drug-likeness (QED) is 0.718. The number of rotatable bonds is 7. The number of fused-ring (bicyclic) bond motifs is 1. The molecule has 2 N–H and O–H groups in total. The normalized spacial score (nSPS) is 17.9. The van der Waals surface area contributed by atoms with Gasteiger partial charge in [0.05, 0.1) is 10.9 Å². The van der Waals surface area contributed by atoms with Gasteiger partial charge < -0.3 is 10.1 Å². The Kier molecular flexibility index (Phi) is 5.49.